The third kappa shape index (κ3) is 5.78. The second-order valence-electron chi connectivity index (χ2n) is 3.80. The average Bonchev–Trinajstić information content (AvgIpc) is 2.37. The van der Waals surface area contributed by atoms with Crippen molar-refractivity contribution in [2.45, 2.75) is 23.7 Å². The molecule has 3 N–H and O–H groups in total. The highest BCUT2D eigenvalue weighted by Crippen LogP contribution is 2.25. The van der Waals surface area contributed by atoms with Gasteiger partial charge in [-0.2, -0.15) is 8.78 Å². The predicted octanol–water partition coefficient (Wildman–Crippen LogP) is 1.74. The molecule has 0 radical (unpaired) electrons. The molecule has 21 heavy (non-hydrogen) atoms. The number of thioether (sulfide) groups is 1. The van der Waals surface area contributed by atoms with Gasteiger partial charge in [0.25, 0.3) is 11.7 Å². The van der Waals surface area contributed by atoms with Gasteiger partial charge in [0.2, 0.25) is 0 Å². The highest BCUT2D eigenvalue weighted by Gasteiger charge is 2.20. The number of rotatable bonds is 5. The van der Waals surface area contributed by atoms with E-state index >= 15 is 0 Å². The Kier molecular flexibility index (Phi) is 6.10. The summed E-state index contributed by atoms with van der Waals surface area (Å²) in [6.07, 6.45) is -1.22. The van der Waals surface area contributed by atoms with Crippen molar-refractivity contribution in [1.82, 2.24) is 5.32 Å². The molecular formula is C12H12F2N2O4S. The lowest BCUT2D eigenvalue weighted by Crippen LogP contribution is -2.42. The number of alkyl halides is 2. The zero-order chi connectivity index (χ0) is 16.0. The molecule has 0 bridgehead atoms. The topological polar surface area (TPSA) is 98.5 Å². The maximum atomic E-state index is 12.1. The summed E-state index contributed by atoms with van der Waals surface area (Å²) < 4.78 is 29.1. The lowest BCUT2D eigenvalue weighted by atomic mass is 10.2. The smallest absolute Gasteiger partial charge is 0.338 e. The van der Waals surface area contributed by atoms with Gasteiger partial charge in [-0.3, -0.25) is 10.1 Å². The molecule has 0 fully saturated rings. The summed E-state index contributed by atoms with van der Waals surface area (Å²) in [5.74, 6) is -4.24. The number of amides is 3. The van der Waals surface area contributed by atoms with Gasteiger partial charge in [-0.15, -0.1) is 0 Å². The number of halogens is 2. The molecule has 3 amide bonds. The lowest BCUT2D eigenvalue weighted by molar-refractivity contribution is -0.127. The molecule has 1 atom stereocenters. The van der Waals surface area contributed by atoms with E-state index in [0.29, 0.717) is 16.7 Å². The Labute approximate surface area is 123 Å². The van der Waals surface area contributed by atoms with Crippen molar-refractivity contribution >= 4 is 29.7 Å². The van der Waals surface area contributed by atoms with Crippen LogP contribution in [-0.2, 0) is 9.53 Å². The van der Waals surface area contributed by atoms with Crippen molar-refractivity contribution in [3.05, 3.63) is 29.8 Å². The van der Waals surface area contributed by atoms with Crippen LogP contribution in [0.1, 0.15) is 17.3 Å². The fourth-order valence-corrected chi connectivity index (χ4v) is 1.78. The normalized spacial score (nSPS) is 11.8. The Morgan fingerprint density at radius 3 is 2.29 bits per heavy atom. The van der Waals surface area contributed by atoms with E-state index < -0.39 is 29.8 Å². The number of carbonyl (C=O) groups is 3. The van der Waals surface area contributed by atoms with Crippen LogP contribution in [0.2, 0.25) is 0 Å². The number of ether oxygens (including phenoxy) is 1. The number of primary amides is 1. The van der Waals surface area contributed by atoms with Gasteiger partial charge in [-0.05, 0) is 31.2 Å². The minimum Gasteiger partial charge on any atom is -0.449 e. The van der Waals surface area contributed by atoms with E-state index in [9.17, 15) is 23.2 Å². The van der Waals surface area contributed by atoms with Crippen LogP contribution in [0.5, 0.6) is 0 Å². The van der Waals surface area contributed by atoms with Gasteiger partial charge >= 0.3 is 12.0 Å². The van der Waals surface area contributed by atoms with Crippen molar-refractivity contribution in [3.63, 3.8) is 0 Å². The van der Waals surface area contributed by atoms with Gasteiger partial charge in [-0.25, -0.2) is 9.59 Å². The van der Waals surface area contributed by atoms with Gasteiger partial charge in [0, 0.05) is 4.90 Å². The molecule has 1 rings (SSSR count). The second kappa shape index (κ2) is 7.58. The fourth-order valence-electron chi connectivity index (χ4n) is 1.28. The molecule has 0 heterocycles. The molecule has 0 aromatic heterocycles. The molecule has 0 saturated carbocycles. The highest BCUT2D eigenvalue weighted by molar-refractivity contribution is 7.99. The third-order valence-electron chi connectivity index (χ3n) is 2.21. The van der Waals surface area contributed by atoms with E-state index in [1.165, 1.54) is 31.2 Å². The zero-order valence-electron chi connectivity index (χ0n) is 10.8. The molecule has 9 heteroatoms. The third-order valence-corrected chi connectivity index (χ3v) is 2.94. The van der Waals surface area contributed by atoms with Gasteiger partial charge in [0.05, 0.1) is 5.56 Å². The SMILES string of the molecule is C[C@H](OC(=O)c1ccc(SC(F)F)cc1)C(=O)NC(N)=O. The Hall–Kier alpha value is -2.16. The first-order valence-electron chi connectivity index (χ1n) is 5.65. The van der Waals surface area contributed by atoms with Gasteiger partial charge in [-0.1, -0.05) is 11.8 Å². The summed E-state index contributed by atoms with van der Waals surface area (Å²) in [5.41, 5.74) is 4.84. The number of hydrogen-bond acceptors (Lipinski definition) is 5. The minimum absolute atomic E-state index is 0.0901. The number of imide groups is 1. The van der Waals surface area contributed by atoms with E-state index in [4.69, 9.17) is 10.5 Å². The number of esters is 1. The molecule has 0 unspecified atom stereocenters. The van der Waals surface area contributed by atoms with Gasteiger partial charge in [0.1, 0.15) is 0 Å². The van der Waals surface area contributed by atoms with E-state index in [-0.39, 0.29) is 5.56 Å². The van der Waals surface area contributed by atoms with E-state index in [1.807, 2.05) is 0 Å². The minimum atomic E-state index is -2.56. The number of urea groups is 1. The molecule has 6 nitrogen and oxygen atoms in total. The standard InChI is InChI=1S/C12H12F2N2O4S/c1-6(9(17)16-12(15)19)20-10(18)7-2-4-8(5-3-7)21-11(13)14/h2-6,11H,1H3,(H3,15,16,17,19)/t6-/m0/s1. The summed E-state index contributed by atoms with van der Waals surface area (Å²) in [5, 5.41) is 1.77. The van der Waals surface area contributed by atoms with Crippen molar-refractivity contribution < 1.29 is 27.9 Å². The van der Waals surface area contributed by atoms with Crippen LogP contribution < -0.4 is 11.1 Å². The lowest BCUT2D eigenvalue weighted by Gasteiger charge is -2.12. The summed E-state index contributed by atoms with van der Waals surface area (Å²) in [7, 11) is 0. The first-order valence-corrected chi connectivity index (χ1v) is 6.53. The molecule has 0 saturated heterocycles. The number of benzene rings is 1. The van der Waals surface area contributed by atoms with Crippen molar-refractivity contribution in [3.8, 4) is 0 Å². The summed E-state index contributed by atoms with van der Waals surface area (Å²) in [6, 6.07) is 4.21. The van der Waals surface area contributed by atoms with Gasteiger partial charge in [0.15, 0.2) is 6.10 Å². The van der Waals surface area contributed by atoms with Crippen LogP contribution in [0, 0.1) is 0 Å². The highest BCUT2D eigenvalue weighted by atomic mass is 32.2. The predicted molar refractivity (Wildman–Crippen MR) is 70.9 cm³/mol. The number of carbonyl (C=O) groups excluding carboxylic acids is 3. The Morgan fingerprint density at radius 2 is 1.81 bits per heavy atom. The maximum Gasteiger partial charge on any atom is 0.338 e. The zero-order valence-corrected chi connectivity index (χ0v) is 11.7. The van der Waals surface area contributed by atoms with Gasteiger partial charge < -0.3 is 10.5 Å². The molecule has 0 aliphatic carbocycles. The average molecular weight is 318 g/mol. The molecule has 114 valence electrons. The first-order chi connectivity index (χ1) is 9.79. The maximum absolute atomic E-state index is 12.1. The molecule has 0 aliphatic heterocycles. The summed E-state index contributed by atoms with van der Waals surface area (Å²) in [4.78, 5) is 33.8. The fraction of sp³-hybridized carbons (Fsp3) is 0.250. The van der Waals surface area contributed by atoms with Crippen LogP contribution >= 0.6 is 11.8 Å². The van der Waals surface area contributed by atoms with Crippen molar-refractivity contribution in [1.29, 1.82) is 0 Å². The Morgan fingerprint density at radius 1 is 1.24 bits per heavy atom. The number of nitrogens with two attached hydrogens (primary N) is 1. The number of nitrogens with one attached hydrogen (secondary N) is 1. The monoisotopic (exact) mass is 318 g/mol. The first kappa shape index (κ1) is 16.9. The molecular weight excluding hydrogens is 306 g/mol. The van der Waals surface area contributed by atoms with Crippen LogP contribution in [0.25, 0.3) is 0 Å². The van der Waals surface area contributed by atoms with Crippen LogP contribution in [0.4, 0.5) is 13.6 Å². The summed E-state index contributed by atoms with van der Waals surface area (Å²) in [6.45, 7) is 1.26. The molecule has 1 aromatic rings. The molecule has 0 aliphatic rings. The van der Waals surface area contributed by atoms with Crippen LogP contribution in [0.15, 0.2) is 29.2 Å². The summed E-state index contributed by atoms with van der Waals surface area (Å²) >= 11 is 0.344. The van der Waals surface area contributed by atoms with Crippen LogP contribution in [-0.4, -0.2) is 29.8 Å². The van der Waals surface area contributed by atoms with E-state index in [1.54, 1.807) is 5.32 Å². The van der Waals surface area contributed by atoms with Crippen LogP contribution in [0.3, 0.4) is 0 Å². The van der Waals surface area contributed by atoms with Crippen molar-refractivity contribution in [2.75, 3.05) is 0 Å². The largest absolute Gasteiger partial charge is 0.449 e. The van der Waals surface area contributed by atoms with E-state index in [2.05, 4.69) is 0 Å². The number of hydrogen-bond donors (Lipinski definition) is 2. The van der Waals surface area contributed by atoms with E-state index in [0.717, 1.165) is 0 Å². The Bertz CT molecular complexity index is 537. The molecule has 0 spiro atoms. The van der Waals surface area contributed by atoms with Crippen molar-refractivity contribution in [2.24, 2.45) is 5.73 Å². The molecule has 1 aromatic carbocycles. The Balaban J connectivity index is 2.63. The second-order valence-corrected chi connectivity index (χ2v) is 4.87. The quantitative estimate of drug-likeness (QED) is 0.636.